The summed E-state index contributed by atoms with van der Waals surface area (Å²) in [5, 5.41) is 12.4. The first-order valence-electron chi connectivity index (χ1n) is 6.87. The van der Waals surface area contributed by atoms with Gasteiger partial charge in [0.15, 0.2) is 5.66 Å². The van der Waals surface area contributed by atoms with Gasteiger partial charge in [0.25, 0.3) is 0 Å². The predicted octanol–water partition coefficient (Wildman–Crippen LogP) is 2.11. The van der Waals surface area contributed by atoms with Crippen LogP contribution in [-0.2, 0) is 5.66 Å². The first-order chi connectivity index (χ1) is 10.6. The third kappa shape index (κ3) is 1.95. The van der Waals surface area contributed by atoms with Crippen molar-refractivity contribution in [1.82, 2.24) is 9.88 Å². The summed E-state index contributed by atoms with van der Waals surface area (Å²) in [6, 6.07) is 9.66. The summed E-state index contributed by atoms with van der Waals surface area (Å²) < 4.78 is 5.34. The number of benzene rings is 1. The molecule has 112 valence electrons. The molecule has 2 heterocycles. The molecule has 6 heteroatoms. The summed E-state index contributed by atoms with van der Waals surface area (Å²) >= 11 is 0. The van der Waals surface area contributed by atoms with Gasteiger partial charge < -0.3 is 15.0 Å². The quantitative estimate of drug-likeness (QED) is 0.909. The molecule has 0 bridgehead atoms. The highest BCUT2D eigenvalue weighted by Gasteiger charge is 2.41. The maximum absolute atomic E-state index is 9.28. The van der Waals surface area contributed by atoms with Gasteiger partial charge in [0, 0.05) is 17.3 Å². The zero-order valence-corrected chi connectivity index (χ0v) is 12.7. The second kappa shape index (κ2) is 5.20. The van der Waals surface area contributed by atoms with Crippen molar-refractivity contribution in [2.75, 3.05) is 26.5 Å². The normalized spacial score (nSPS) is 19.4. The summed E-state index contributed by atoms with van der Waals surface area (Å²) in [4.78, 5) is 9.89. The van der Waals surface area contributed by atoms with Gasteiger partial charge in [-0.1, -0.05) is 0 Å². The van der Waals surface area contributed by atoms with E-state index in [1.807, 2.05) is 43.4 Å². The Labute approximate surface area is 129 Å². The van der Waals surface area contributed by atoms with E-state index >= 15 is 0 Å². The summed E-state index contributed by atoms with van der Waals surface area (Å²) in [5.74, 6) is 1.53. The standard InChI is InChI=1S/C16H17N5O/c1-21(2)16(14-4-5-18-15(14)19-10-20-16)12-6-11(9-17)7-13(8-12)22-3/h4-8,10,18H,1-3H3,(H,19,20). The number of nitrogens with zero attached hydrogens (tertiary/aromatic N) is 3. The van der Waals surface area contributed by atoms with Gasteiger partial charge in [-0.25, -0.2) is 4.99 Å². The molecular weight excluding hydrogens is 278 g/mol. The predicted molar refractivity (Wildman–Crippen MR) is 85.1 cm³/mol. The fraction of sp³-hybridized carbons (Fsp3) is 0.250. The largest absolute Gasteiger partial charge is 0.497 e. The summed E-state index contributed by atoms with van der Waals surface area (Å²) in [5.41, 5.74) is 1.71. The minimum absolute atomic E-state index is 0.543. The van der Waals surface area contributed by atoms with E-state index in [0.29, 0.717) is 11.3 Å². The van der Waals surface area contributed by atoms with Crippen LogP contribution in [0.4, 0.5) is 5.82 Å². The van der Waals surface area contributed by atoms with Crippen molar-refractivity contribution in [1.29, 1.82) is 5.26 Å². The van der Waals surface area contributed by atoms with E-state index < -0.39 is 5.66 Å². The molecule has 1 aromatic carbocycles. The van der Waals surface area contributed by atoms with Crippen molar-refractivity contribution < 1.29 is 4.74 Å². The molecule has 0 aliphatic carbocycles. The minimum atomic E-state index is -0.708. The summed E-state index contributed by atoms with van der Waals surface area (Å²) in [7, 11) is 5.52. The highest BCUT2D eigenvalue weighted by molar-refractivity contribution is 5.80. The topological polar surface area (TPSA) is 76.4 Å². The van der Waals surface area contributed by atoms with Crippen LogP contribution in [0.3, 0.4) is 0 Å². The minimum Gasteiger partial charge on any atom is -0.497 e. The number of methoxy groups -OCH3 is 1. The van der Waals surface area contributed by atoms with Gasteiger partial charge >= 0.3 is 0 Å². The van der Waals surface area contributed by atoms with Gasteiger partial charge in [-0.15, -0.1) is 0 Å². The maximum Gasteiger partial charge on any atom is 0.169 e. The number of aromatic amines is 1. The third-order valence-corrected chi connectivity index (χ3v) is 3.90. The molecule has 1 aliphatic heterocycles. The molecule has 1 aliphatic rings. The molecule has 1 atom stereocenters. The van der Waals surface area contributed by atoms with Crippen LogP contribution in [0.5, 0.6) is 5.75 Å². The molecule has 2 N–H and O–H groups in total. The highest BCUT2D eigenvalue weighted by Crippen LogP contribution is 2.42. The number of hydrogen-bond donors (Lipinski definition) is 2. The smallest absolute Gasteiger partial charge is 0.169 e. The van der Waals surface area contributed by atoms with Gasteiger partial charge in [0.1, 0.15) is 11.6 Å². The van der Waals surface area contributed by atoms with E-state index in [-0.39, 0.29) is 0 Å². The fourth-order valence-electron chi connectivity index (χ4n) is 2.87. The molecule has 1 unspecified atom stereocenters. The number of aliphatic imine (C=N–C) groups is 1. The van der Waals surface area contributed by atoms with Crippen LogP contribution < -0.4 is 10.1 Å². The van der Waals surface area contributed by atoms with Crippen LogP contribution >= 0.6 is 0 Å². The van der Waals surface area contributed by atoms with E-state index in [1.165, 1.54) is 0 Å². The number of aromatic nitrogens is 1. The lowest BCUT2D eigenvalue weighted by Crippen LogP contribution is -2.43. The molecule has 22 heavy (non-hydrogen) atoms. The molecule has 3 rings (SSSR count). The van der Waals surface area contributed by atoms with Crippen LogP contribution in [0.1, 0.15) is 16.7 Å². The lowest BCUT2D eigenvalue weighted by atomic mass is 9.89. The number of rotatable bonds is 3. The number of fused-ring (bicyclic) bond motifs is 1. The Morgan fingerprint density at radius 2 is 2.14 bits per heavy atom. The van der Waals surface area contributed by atoms with Crippen molar-refractivity contribution in [3.8, 4) is 11.8 Å². The second-order valence-corrected chi connectivity index (χ2v) is 5.30. The number of hydrogen-bond acceptors (Lipinski definition) is 5. The second-order valence-electron chi connectivity index (χ2n) is 5.30. The summed E-state index contributed by atoms with van der Waals surface area (Å²) in [6.45, 7) is 0. The van der Waals surface area contributed by atoms with E-state index in [1.54, 1.807) is 19.5 Å². The Morgan fingerprint density at radius 3 is 2.82 bits per heavy atom. The molecule has 0 radical (unpaired) electrons. The van der Waals surface area contributed by atoms with Crippen molar-refractivity contribution in [3.05, 3.63) is 47.2 Å². The molecule has 0 spiro atoms. The van der Waals surface area contributed by atoms with Crippen LogP contribution in [0, 0.1) is 11.3 Å². The van der Waals surface area contributed by atoms with E-state index in [2.05, 4.69) is 16.4 Å². The molecule has 0 amide bonds. The lowest BCUT2D eigenvalue weighted by molar-refractivity contribution is 0.210. The molecule has 1 aromatic heterocycles. The van der Waals surface area contributed by atoms with Gasteiger partial charge in [0.05, 0.1) is 25.1 Å². The van der Waals surface area contributed by atoms with Crippen molar-refractivity contribution in [2.24, 2.45) is 4.99 Å². The zero-order chi connectivity index (χ0) is 15.7. The average molecular weight is 295 g/mol. The molecule has 0 fully saturated rings. The van der Waals surface area contributed by atoms with Crippen LogP contribution in [0.2, 0.25) is 0 Å². The van der Waals surface area contributed by atoms with Crippen molar-refractivity contribution >= 4 is 12.2 Å². The molecule has 6 nitrogen and oxygen atoms in total. The Balaban J connectivity index is 2.29. The van der Waals surface area contributed by atoms with E-state index in [4.69, 9.17) is 9.73 Å². The monoisotopic (exact) mass is 295 g/mol. The average Bonchev–Trinajstić information content (AvgIpc) is 3.02. The van der Waals surface area contributed by atoms with Gasteiger partial charge in [-0.05, 0) is 38.4 Å². The molecule has 0 saturated heterocycles. The number of H-pyrrole nitrogens is 1. The number of nitriles is 1. The highest BCUT2D eigenvalue weighted by atomic mass is 16.5. The zero-order valence-electron chi connectivity index (χ0n) is 12.7. The maximum atomic E-state index is 9.28. The van der Waals surface area contributed by atoms with E-state index in [9.17, 15) is 5.26 Å². The number of nitrogens with one attached hydrogen (secondary N) is 2. The first-order valence-corrected chi connectivity index (χ1v) is 6.87. The summed E-state index contributed by atoms with van der Waals surface area (Å²) in [6.07, 6.45) is 3.54. The first kappa shape index (κ1) is 14.2. The van der Waals surface area contributed by atoms with Crippen LogP contribution in [0.25, 0.3) is 0 Å². The van der Waals surface area contributed by atoms with Gasteiger partial charge in [-0.2, -0.15) is 5.26 Å². The molecular formula is C16H17N5O. The molecule has 2 aromatic rings. The number of anilines is 1. The van der Waals surface area contributed by atoms with Crippen molar-refractivity contribution in [2.45, 2.75) is 5.66 Å². The SMILES string of the molecule is COc1cc(C#N)cc(C2(N(C)C)N=CNc3[nH]ccc32)c1. The third-order valence-electron chi connectivity index (χ3n) is 3.90. The lowest BCUT2D eigenvalue weighted by Gasteiger charge is -2.39. The van der Waals surface area contributed by atoms with Gasteiger partial charge in [0.2, 0.25) is 0 Å². The Morgan fingerprint density at radius 1 is 1.32 bits per heavy atom. The molecule has 0 saturated carbocycles. The van der Waals surface area contributed by atoms with Crippen molar-refractivity contribution in [3.63, 3.8) is 0 Å². The van der Waals surface area contributed by atoms with Crippen LogP contribution in [0.15, 0.2) is 35.5 Å². The Bertz CT molecular complexity index is 771. The van der Waals surface area contributed by atoms with Gasteiger partial charge in [-0.3, -0.25) is 4.90 Å². The van der Waals surface area contributed by atoms with E-state index in [0.717, 1.165) is 16.9 Å². The Kier molecular flexibility index (Phi) is 3.35. The van der Waals surface area contributed by atoms with Crippen LogP contribution in [-0.4, -0.2) is 37.4 Å². The Hall–Kier alpha value is -2.78. The number of ether oxygens (including phenoxy) is 1. The fourth-order valence-corrected chi connectivity index (χ4v) is 2.87.